The highest BCUT2D eigenvalue weighted by Crippen LogP contribution is 2.56. The van der Waals surface area contributed by atoms with E-state index in [0.717, 1.165) is 36.8 Å². The van der Waals surface area contributed by atoms with Crippen molar-refractivity contribution >= 4 is 17.3 Å². The molecular weight excluding hydrogens is 237 g/mol. The summed E-state index contributed by atoms with van der Waals surface area (Å²) in [4.78, 5) is 2.15. The fourth-order valence-corrected chi connectivity index (χ4v) is 3.65. The molecule has 2 aliphatic rings. The molecule has 0 N–H and O–H groups in total. The highest BCUT2D eigenvalue weighted by atomic mass is 35.5. The molecule has 1 saturated carbocycles. The summed E-state index contributed by atoms with van der Waals surface area (Å²) >= 11 is 5.93. The molecule has 1 heterocycles. The van der Waals surface area contributed by atoms with Crippen LogP contribution in [0, 0.1) is 29.5 Å². The number of halogens is 2. The summed E-state index contributed by atoms with van der Waals surface area (Å²) in [5.74, 6) is 3.00. The molecule has 3 rings (SSSR count). The van der Waals surface area contributed by atoms with Crippen LogP contribution in [0.5, 0.6) is 0 Å². The minimum atomic E-state index is -0.156. The van der Waals surface area contributed by atoms with Gasteiger partial charge in [-0.05, 0) is 41.9 Å². The Bertz CT molecular complexity index is 434. The summed E-state index contributed by atoms with van der Waals surface area (Å²) in [7, 11) is 0. The maximum atomic E-state index is 13.7. The zero-order chi connectivity index (χ0) is 12.2. The first-order chi connectivity index (χ1) is 8.08. The Balaban J connectivity index is 1.75. The van der Waals surface area contributed by atoms with Crippen LogP contribution in [0.1, 0.15) is 13.8 Å². The van der Waals surface area contributed by atoms with Gasteiger partial charge in [0.15, 0.2) is 0 Å². The third kappa shape index (κ3) is 1.83. The molecule has 0 spiro atoms. The van der Waals surface area contributed by atoms with Crippen LogP contribution in [0.4, 0.5) is 10.1 Å². The van der Waals surface area contributed by atoms with E-state index in [1.54, 1.807) is 12.1 Å². The molecule has 1 aromatic carbocycles. The van der Waals surface area contributed by atoms with E-state index < -0.39 is 0 Å². The quantitative estimate of drug-likeness (QED) is 0.775. The molecule has 2 fully saturated rings. The Labute approximate surface area is 107 Å². The van der Waals surface area contributed by atoms with Gasteiger partial charge in [0, 0.05) is 18.1 Å². The van der Waals surface area contributed by atoms with E-state index in [1.165, 1.54) is 6.07 Å². The second kappa shape index (κ2) is 3.88. The van der Waals surface area contributed by atoms with Crippen LogP contribution in [-0.2, 0) is 0 Å². The number of hydrogen-bond acceptors (Lipinski definition) is 1. The van der Waals surface area contributed by atoms with Crippen LogP contribution in [-0.4, -0.2) is 13.1 Å². The van der Waals surface area contributed by atoms with Gasteiger partial charge in [-0.15, -0.1) is 0 Å². The third-order valence-corrected chi connectivity index (χ3v) is 4.51. The molecule has 17 heavy (non-hydrogen) atoms. The van der Waals surface area contributed by atoms with Gasteiger partial charge < -0.3 is 4.90 Å². The van der Waals surface area contributed by atoms with E-state index in [1.807, 2.05) is 0 Å². The largest absolute Gasteiger partial charge is 0.369 e. The van der Waals surface area contributed by atoms with Gasteiger partial charge in [0.25, 0.3) is 0 Å². The van der Waals surface area contributed by atoms with Crippen LogP contribution in [0.2, 0.25) is 5.02 Å². The summed E-state index contributed by atoms with van der Waals surface area (Å²) in [5, 5.41) is 0.613. The van der Waals surface area contributed by atoms with Crippen molar-refractivity contribution in [3.63, 3.8) is 0 Å². The third-order valence-electron chi connectivity index (χ3n) is 4.28. The van der Waals surface area contributed by atoms with Crippen molar-refractivity contribution in [1.82, 2.24) is 0 Å². The average molecular weight is 254 g/mol. The fourth-order valence-electron chi connectivity index (χ4n) is 3.49. The number of benzene rings is 1. The molecule has 0 bridgehead atoms. The SMILES string of the molecule is CC(C)C1C2CN(c3cc(Cl)ccc3F)CC21. The molecule has 1 saturated heterocycles. The predicted octanol–water partition coefficient (Wildman–Crippen LogP) is 3.82. The fraction of sp³-hybridized carbons (Fsp3) is 0.571. The second-order valence-electron chi connectivity index (χ2n) is 5.65. The maximum absolute atomic E-state index is 13.7. The number of piperidine rings is 1. The number of fused-ring (bicyclic) bond motifs is 1. The van der Waals surface area contributed by atoms with Crippen LogP contribution < -0.4 is 4.90 Å². The van der Waals surface area contributed by atoms with Crippen molar-refractivity contribution in [1.29, 1.82) is 0 Å². The molecule has 1 aliphatic carbocycles. The average Bonchev–Trinajstić information content (AvgIpc) is 2.79. The van der Waals surface area contributed by atoms with Crippen LogP contribution in [0.25, 0.3) is 0 Å². The molecule has 0 radical (unpaired) electrons. The summed E-state index contributed by atoms with van der Waals surface area (Å²) in [6.07, 6.45) is 0. The molecule has 3 heteroatoms. The topological polar surface area (TPSA) is 3.24 Å². The maximum Gasteiger partial charge on any atom is 0.146 e. The Morgan fingerprint density at radius 3 is 2.53 bits per heavy atom. The minimum Gasteiger partial charge on any atom is -0.369 e. The monoisotopic (exact) mass is 253 g/mol. The molecule has 92 valence electrons. The van der Waals surface area contributed by atoms with Gasteiger partial charge >= 0.3 is 0 Å². The van der Waals surface area contributed by atoms with Gasteiger partial charge in [0.05, 0.1) is 5.69 Å². The number of hydrogen-bond donors (Lipinski definition) is 0. The van der Waals surface area contributed by atoms with Crippen molar-refractivity contribution < 1.29 is 4.39 Å². The summed E-state index contributed by atoms with van der Waals surface area (Å²) in [6, 6.07) is 4.81. The molecular formula is C14H17ClFN. The van der Waals surface area contributed by atoms with Crippen LogP contribution in [0.15, 0.2) is 18.2 Å². The van der Waals surface area contributed by atoms with E-state index >= 15 is 0 Å². The molecule has 1 nitrogen and oxygen atoms in total. The van der Waals surface area contributed by atoms with Gasteiger partial charge in [-0.25, -0.2) is 4.39 Å². The number of anilines is 1. The molecule has 0 aromatic heterocycles. The van der Waals surface area contributed by atoms with Gasteiger partial charge in [0.1, 0.15) is 5.82 Å². The van der Waals surface area contributed by atoms with Crippen molar-refractivity contribution in [3.8, 4) is 0 Å². The highest BCUT2D eigenvalue weighted by Gasteiger charge is 2.56. The highest BCUT2D eigenvalue weighted by molar-refractivity contribution is 6.30. The van der Waals surface area contributed by atoms with Crippen LogP contribution in [0.3, 0.4) is 0 Å². The van der Waals surface area contributed by atoms with E-state index in [4.69, 9.17) is 11.6 Å². The van der Waals surface area contributed by atoms with E-state index in [0.29, 0.717) is 10.7 Å². The molecule has 2 atom stereocenters. The van der Waals surface area contributed by atoms with E-state index in [-0.39, 0.29) is 5.82 Å². The van der Waals surface area contributed by atoms with Crippen molar-refractivity contribution in [2.45, 2.75) is 13.8 Å². The van der Waals surface area contributed by atoms with E-state index in [2.05, 4.69) is 18.7 Å². The lowest BCUT2D eigenvalue weighted by Gasteiger charge is -2.23. The van der Waals surface area contributed by atoms with Gasteiger partial charge in [-0.3, -0.25) is 0 Å². The van der Waals surface area contributed by atoms with E-state index in [9.17, 15) is 4.39 Å². The molecule has 0 amide bonds. The molecule has 1 aliphatic heterocycles. The van der Waals surface area contributed by atoms with Gasteiger partial charge in [-0.2, -0.15) is 0 Å². The Hall–Kier alpha value is -0.760. The first-order valence-corrected chi connectivity index (χ1v) is 6.65. The van der Waals surface area contributed by atoms with Crippen molar-refractivity contribution in [3.05, 3.63) is 29.0 Å². The van der Waals surface area contributed by atoms with Gasteiger partial charge in [0.2, 0.25) is 0 Å². The summed E-state index contributed by atoms with van der Waals surface area (Å²) in [6.45, 7) is 6.55. The zero-order valence-corrected chi connectivity index (χ0v) is 10.9. The van der Waals surface area contributed by atoms with Crippen molar-refractivity contribution in [2.24, 2.45) is 23.7 Å². The predicted molar refractivity (Wildman–Crippen MR) is 68.9 cm³/mol. The minimum absolute atomic E-state index is 0.156. The first kappa shape index (κ1) is 11.3. The van der Waals surface area contributed by atoms with Crippen molar-refractivity contribution in [2.75, 3.05) is 18.0 Å². The first-order valence-electron chi connectivity index (χ1n) is 6.28. The smallest absolute Gasteiger partial charge is 0.146 e. The lowest BCUT2D eigenvalue weighted by Crippen LogP contribution is -2.25. The summed E-state index contributed by atoms with van der Waals surface area (Å²) in [5.41, 5.74) is 0.673. The Morgan fingerprint density at radius 2 is 1.94 bits per heavy atom. The molecule has 1 aromatic rings. The Kier molecular flexibility index (Phi) is 2.58. The zero-order valence-electron chi connectivity index (χ0n) is 10.2. The lowest BCUT2D eigenvalue weighted by molar-refractivity contribution is 0.477. The standard InChI is InChI=1S/C14H17ClFN/c1-8(2)14-10-6-17(7-11(10)14)13-5-9(15)3-4-12(13)16/h3-5,8,10-11,14H,6-7H2,1-2H3. The molecule has 2 unspecified atom stereocenters. The normalized spacial score (nSPS) is 30.9. The lowest BCUT2D eigenvalue weighted by atomic mass is 10.0. The van der Waals surface area contributed by atoms with Crippen LogP contribution >= 0.6 is 11.6 Å². The number of rotatable bonds is 2. The second-order valence-corrected chi connectivity index (χ2v) is 6.09. The summed E-state index contributed by atoms with van der Waals surface area (Å²) < 4.78 is 13.7. The Morgan fingerprint density at radius 1 is 1.29 bits per heavy atom. The van der Waals surface area contributed by atoms with Gasteiger partial charge in [-0.1, -0.05) is 25.4 Å². The number of nitrogens with zero attached hydrogens (tertiary/aromatic N) is 1.